The lowest BCUT2D eigenvalue weighted by Gasteiger charge is -2.11. The molecule has 2 aromatic heterocycles. The van der Waals surface area contributed by atoms with E-state index in [0.29, 0.717) is 0 Å². The molecule has 2 heterocycles. The topological polar surface area (TPSA) is 38.9 Å². The van der Waals surface area contributed by atoms with E-state index in [9.17, 15) is 0 Å². The van der Waals surface area contributed by atoms with Crippen molar-refractivity contribution in [2.45, 2.75) is 32.2 Å². The number of aromatic nitrogens is 1. The summed E-state index contributed by atoms with van der Waals surface area (Å²) >= 11 is 1.89. The number of hydrogen-bond donors (Lipinski definition) is 1. The molecule has 106 valence electrons. The molecule has 0 fully saturated rings. The quantitative estimate of drug-likeness (QED) is 0.771. The van der Waals surface area contributed by atoms with Crippen LogP contribution in [0.4, 0.5) is 0 Å². The molecule has 1 unspecified atom stereocenters. The van der Waals surface area contributed by atoms with Gasteiger partial charge in [0, 0.05) is 20.8 Å². The monoisotopic (exact) mass is 294 g/mol. The standard InChI is InChI=1S/C18H18N2S/c1-11-5-6-12-9-14(7-8-15(12)20-11)18(19)17-10-13-3-2-4-16(13)21-17/h5-10,18H,2-4,19H2,1H3. The molecular weight excluding hydrogens is 276 g/mol. The minimum Gasteiger partial charge on any atom is -0.320 e. The van der Waals surface area contributed by atoms with Gasteiger partial charge in [0.05, 0.1) is 11.6 Å². The molecule has 0 spiro atoms. The number of benzene rings is 1. The lowest BCUT2D eigenvalue weighted by atomic mass is 10.0. The van der Waals surface area contributed by atoms with Crippen LogP contribution in [-0.4, -0.2) is 4.98 Å². The Hall–Kier alpha value is -1.71. The molecule has 0 amide bonds. The first kappa shape index (κ1) is 13.0. The maximum Gasteiger partial charge on any atom is 0.0705 e. The lowest BCUT2D eigenvalue weighted by Crippen LogP contribution is -2.10. The summed E-state index contributed by atoms with van der Waals surface area (Å²) in [7, 11) is 0. The van der Waals surface area contributed by atoms with Crippen molar-refractivity contribution in [3.63, 3.8) is 0 Å². The number of nitrogens with two attached hydrogens (primary N) is 1. The normalized spacial score (nSPS) is 15.3. The van der Waals surface area contributed by atoms with Crippen LogP contribution in [0.15, 0.2) is 36.4 Å². The number of hydrogen-bond acceptors (Lipinski definition) is 3. The predicted molar refractivity (Wildman–Crippen MR) is 88.9 cm³/mol. The fraction of sp³-hybridized carbons (Fsp3) is 0.278. The highest BCUT2D eigenvalue weighted by Crippen LogP contribution is 2.35. The van der Waals surface area contributed by atoms with Gasteiger partial charge in [-0.15, -0.1) is 11.3 Å². The summed E-state index contributed by atoms with van der Waals surface area (Å²) in [4.78, 5) is 7.38. The van der Waals surface area contributed by atoms with E-state index in [1.54, 1.807) is 4.88 Å². The van der Waals surface area contributed by atoms with Crippen LogP contribution in [-0.2, 0) is 12.8 Å². The molecule has 1 atom stereocenters. The summed E-state index contributed by atoms with van der Waals surface area (Å²) in [6, 6.07) is 12.8. The third kappa shape index (κ3) is 2.27. The third-order valence-electron chi connectivity index (χ3n) is 4.28. The van der Waals surface area contributed by atoms with Gasteiger partial charge in [0.25, 0.3) is 0 Å². The average Bonchev–Trinajstić information content (AvgIpc) is 3.07. The van der Waals surface area contributed by atoms with Crippen LogP contribution in [0.2, 0.25) is 0 Å². The van der Waals surface area contributed by atoms with E-state index < -0.39 is 0 Å². The van der Waals surface area contributed by atoms with Crippen molar-refractivity contribution >= 4 is 22.2 Å². The van der Waals surface area contributed by atoms with Gasteiger partial charge < -0.3 is 5.73 Å². The minimum atomic E-state index is -0.0219. The second-order valence-electron chi connectivity index (χ2n) is 5.83. The summed E-state index contributed by atoms with van der Waals surface area (Å²) in [5, 5.41) is 1.16. The van der Waals surface area contributed by atoms with Gasteiger partial charge in [-0.05, 0) is 61.6 Å². The molecule has 1 aliphatic rings. The van der Waals surface area contributed by atoms with Crippen molar-refractivity contribution in [1.29, 1.82) is 0 Å². The van der Waals surface area contributed by atoms with Gasteiger partial charge in [-0.25, -0.2) is 0 Å². The zero-order chi connectivity index (χ0) is 14.4. The highest BCUT2D eigenvalue weighted by molar-refractivity contribution is 7.12. The van der Waals surface area contributed by atoms with E-state index in [1.807, 2.05) is 18.3 Å². The number of rotatable bonds is 2. The average molecular weight is 294 g/mol. The third-order valence-corrected chi connectivity index (χ3v) is 5.60. The van der Waals surface area contributed by atoms with Crippen LogP contribution in [0.5, 0.6) is 0 Å². The minimum absolute atomic E-state index is 0.0219. The fourth-order valence-corrected chi connectivity index (χ4v) is 4.40. The highest BCUT2D eigenvalue weighted by Gasteiger charge is 2.19. The zero-order valence-electron chi connectivity index (χ0n) is 12.1. The molecule has 0 bridgehead atoms. The molecule has 0 radical (unpaired) electrons. The molecule has 0 saturated heterocycles. The molecule has 3 heteroatoms. The van der Waals surface area contributed by atoms with Crippen molar-refractivity contribution in [2.24, 2.45) is 5.73 Å². The first-order valence-electron chi connectivity index (χ1n) is 7.45. The summed E-state index contributed by atoms with van der Waals surface area (Å²) in [6.45, 7) is 2.02. The number of nitrogens with zero attached hydrogens (tertiary/aromatic N) is 1. The van der Waals surface area contributed by atoms with E-state index in [4.69, 9.17) is 5.73 Å². The molecule has 21 heavy (non-hydrogen) atoms. The van der Waals surface area contributed by atoms with Crippen molar-refractivity contribution in [2.75, 3.05) is 0 Å². The van der Waals surface area contributed by atoms with Crippen molar-refractivity contribution in [3.8, 4) is 0 Å². The molecule has 0 aliphatic heterocycles. The SMILES string of the molecule is Cc1ccc2cc(C(N)c3cc4c(s3)CCC4)ccc2n1. The number of thiophene rings is 1. The number of fused-ring (bicyclic) bond motifs is 2. The van der Waals surface area contributed by atoms with E-state index in [2.05, 4.69) is 41.4 Å². The van der Waals surface area contributed by atoms with Gasteiger partial charge in [-0.3, -0.25) is 4.98 Å². The molecule has 2 nitrogen and oxygen atoms in total. The van der Waals surface area contributed by atoms with Crippen LogP contribution in [0.3, 0.4) is 0 Å². The van der Waals surface area contributed by atoms with Crippen LogP contribution in [0.25, 0.3) is 10.9 Å². The Morgan fingerprint density at radius 2 is 2.05 bits per heavy atom. The van der Waals surface area contributed by atoms with Gasteiger partial charge in [0.15, 0.2) is 0 Å². The summed E-state index contributed by atoms with van der Waals surface area (Å²) in [6.07, 6.45) is 3.75. The summed E-state index contributed by atoms with van der Waals surface area (Å²) < 4.78 is 0. The Bertz CT molecular complexity index is 798. The lowest BCUT2D eigenvalue weighted by molar-refractivity contribution is 0.883. The van der Waals surface area contributed by atoms with Crippen LogP contribution in [0.1, 0.15) is 39.0 Å². The molecule has 3 aromatic rings. The maximum atomic E-state index is 6.49. The Balaban J connectivity index is 1.72. The first-order chi connectivity index (χ1) is 10.2. The Morgan fingerprint density at radius 1 is 1.14 bits per heavy atom. The summed E-state index contributed by atoms with van der Waals surface area (Å²) in [5.74, 6) is 0. The van der Waals surface area contributed by atoms with Crippen molar-refractivity contribution < 1.29 is 0 Å². The van der Waals surface area contributed by atoms with E-state index in [1.165, 1.54) is 35.3 Å². The molecule has 4 rings (SSSR count). The predicted octanol–water partition coefficient (Wildman–Crippen LogP) is 4.14. The van der Waals surface area contributed by atoms with E-state index in [0.717, 1.165) is 16.6 Å². The van der Waals surface area contributed by atoms with Gasteiger partial charge in [-0.2, -0.15) is 0 Å². The zero-order valence-corrected chi connectivity index (χ0v) is 12.9. The second-order valence-corrected chi connectivity index (χ2v) is 7.00. The van der Waals surface area contributed by atoms with Gasteiger partial charge in [-0.1, -0.05) is 12.1 Å². The van der Waals surface area contributed by atoms with Gasteiger partial charge >= 0.3 is 0 Å². The number of aryl methyl sites for hydroxylation is 3. The van der Waals surface area contributed by atoms with Gasteiger partial charge in [0.1, 0.15) is 0 Å². The molecule has 1 aromatic carbocycles. The molecular formula is C18H18N2S. The van der Waals surface area contributed by atoms with E-state index >= 15 is 0 Å². The fourth-order valence-electron chi connectivity index (χ4n) is 3.11. The Kier molecular flexibility index (Phi) is 3.05. The second kappa shape index (κ2) is 4.93. The van der Waals surface area contributed by atoms with Crippen LogP contribution >= 0.6 is 11.3 Å². The smallest absolute Gasteiger partial charge is 0.0705 e. The van der Waals surface area contributed by atoms with Crippen molar-refractivity contribution in [1.82, 2.24) is 4.98 Å². The molecule has 0 saturated carbocycles. The highest BCUT2D eigenvalue weighted by atomic mass is 32.1. The van der Waals surface area contributed by atoms with E-state index in [-0.39, 0.29) is 6.04 Å². The maximum absolute atomic E-state index is 6.49. The largest absolute Gasteiger partial charge is 0.320 e. The van der Waals surface area contributed by atoms with Crippen LogP contribution < -0.4 is 5.73 Å². The first-order valence-corrected chi connectivity index (χ1v) is 8.27. The summed E-state index contributed by atoms with van der Waals surface area (Å²) in [5.41, 5.74) is 11.3. The molecule has 2 N–H and O–H groups in total. The number of pyridine rings is 1. The Labute approximate surface area is 128 Å². The van der Waals surface area contributed by atoms with Crippen molar-refractivity contribution in [3.05, 3.63) is 63.0 Å². The van der Waals surface area contributed by atoms with Crippen LogP contribution in [0, 0.1) is 6.92 Å². The Morgan fingerprint density at radius 3 is 2.90 bits per heavy atom. The van der Waals surface area contributed by atoms with Gasteiger partial charge in [0.2, 0.25) is 0 Å². The molecule has 1 aliphatic carbocycles.